The molecular formula is C13H14BrClN2SSn. The van der Waals surface area contributed by atoms with Crippen molar-refractivity contribution < 1.29 is 0 Å². The van der Waals surface area contributed by atoms with Crippen molar-refractivity contribution in [3.05, 3.63) is 40.2 Å². The molecule has 0 amide bonds. The third kappa shape index (κ3) is 3.86. The minimum absolute atomic E-state index is 0.618. The van der Waals surface area contributed by atoms with Crippen LogP contribution >= 0.6 is 39.3 Å². The van der Waals surface area contributed by atoms with Crippen LogP contribution in [0.4, 0.5) is 0 Å². The molecule has 1 aromatic heterocycles. The topological polar surface area (TPSA) is 25.8 Å². The van der Waals surface area contributed by atoms with Crippen molar-refractivity contribution in [1.82, 2.24) is 9.97 Å². The van der Waals surface area contributed by atoms with Gasteiger partial charge in [0.2, 0.25) is 0 Å². The summed E-state index contributed by atoms with van der Waals surface area (Å²) in [6.07, 6.45) is 1.54. The molecule has 2 aromatic rings. The number of hydrogen-bond donors (Lipinski definition) is 0. The molecule has 6 heteroatoms. The van der Waals surface area contributed by atoms with Gasteiger partial charge in [-0.1, -0.05) is 0 Å². The second-order valence-corrected chi connectivity index (χ2v) is 21.6. The SMILES string of the molecule is [CH3][Sn]([CH3])([CH3])[c]1c(Cl)ncnc1Sc1ccccc1Br. The predicted octanol–water partition coefficient (Wildman–Crippen LogP) is 4.59. The van der Waals surface area contributed by atoms with E-state index < -0.39 is 18.4 Å². The Balaban J connectivity index is 2.47. The first-order valence-corrected chi connectivity index (χ1v) is 17.8. The van der Waals surface area contributed by atoms with Crippen molar-refractivity contribution in [2.24, 2.45) is 0 Å². The zero-order valence-corrected chi connectivity index (χ0v) is 17.0. The molecule has 0 saturated heterocycles. The van der Waals surface area contributed by atoms with E-state index in [-0.39, 0.29) is 0 Å². The average molecular weight is 464 g/mol. The summed E-state index contributed by atoms with van der Waals surface area (Å²) in [5.74, 6) is 0. The zero-order valence-electron chi connectivity index (χ0n) is 10.9. The van der Waals surface area contributed by atoms with Gasteiger partial charge >= 0.3 is 136 Å². The van der Waals surface area contributed by atoms with Gasteiger partial charge in [-0.25, -0.2) is 0 Å². The van der Waals surface area contributed by atoms with Gasteiger partial charge in [0.15, 0.2) is 0 Å². The van der Waals surface area contributed by atoms with Crippen LogP contribution in [0.2, 0.25) is 20.0 Å². The average Bonchev–Trinajstić information content (AvgIpc) is 2.30. The molecule has 1 aromatic carbocycles. The van der Waals surface area contributed by atoms with Crippen LogP contribution in [0.3, 0.4) is 0 Å². The van der Waals surface area contributed by atoms with Gasteiger partial charge in [0, 0.05) is 0 Å². The van der Waals surface area contributed by atoms with Crippen LogP contribution in [0.5, 0.6) is 0 Å². The van der Waals surface area contributed by atoms with Crippen LogP contribution in [-0.4, -0.2) is 28.3 Å². The Labute approximate surface area is 135 Å². The molecule has 2 nitrogen and oxygen atoms in total. The fourth-order valence-corrected chi connectivity index (χ4v) is 11.6. The maximum absolute atomic E-state index is 6.30. The van der Waals surface area contributed by atoms with E-state index in [1.165, 1.54) is 3.58 Å². The van der Waals surface area contributed by atoms with E-state index in [4.69, 9.17) is 11.6 Å². The van der Waals surface area contributed by atoms with E-state index in [1.807, 2.05) is 18.2 Å². The summed E-state index contributed by atoms with van der Waals surface area (Å²) < 4.78 is 2.27. The van der Waals surface area contributed by atoms with E-state index in [0.29, 0.717) is 5.15 Å². The van der Waals surface area contributed by atoms with E-state index in [0.717, 1.165) is 14.4 Å². The second-order valence-electron chi connectivity index (χ2n) is 5.13. The fourth-order valence-electron chi connectivity index (χ4n) is 1.69. The number of nitrogens with zero attached hydrogens (tertiary/aromatic N) is 2. The summed E-state index contributed by atoms with van der Waals surface area (Å²) in [5.41, 5.74) is 0. The summed E-state index contributed by atoms with van der Waals surface area (Å²) in [6.45, 7) is 0. The number of benzene rings is 1. The van der Waals surface area contributed by atoms with Crippen LogP contribution in [0, 0.1) is 0 Å². The van der Waals surface area contributed by atoms with Gasteiger partial charge in [-0.15, -0.1) is 0 Å². The van der Waals surface area contributed by atoms with E-state index in [1.54, 1.807) is 18.1 Å². The fraction of sp³-hybridized carbons (Fsp3) is 0.231. The molecule has 0 aliphatic carbocycles. The first-order valence-electron chi connectivity index (χ1n) is 5.83. The predicted molar refractivity (Wildman–Crippen MR) is 88.3 cm³/mol. The molecule has 1 heterocycles. The molecular weight excluding hydrogens is 450 g/mol. The van der Waals surface area contributed by atoms with Crippen molar-refractivity contribution in [1.29, 1.82) is 0 Å². The number of halogens is 2. The Hall–Kier alpha value is 0.219. The Bertz CT molecular complexity index is 601. The third-order valence-corrected chi connectivity index (χ3v) is 11.5. The van der Waals surface area contributed by atoms with Crippen LogP contribution in [-0.2, 0) is 0 Å². The molecule has 0 aliphatic heterocycles. The van der Waals surface area contributed by atoms with Crippen LogP contribution in [0.1, 0.15) is 0 Å². The molecule has 0 bridgehead atoms. The molecule has 0 aliphatic rings. The van der Waals surface area contributed by atoms with Crippen molar-refractivity contribution >= 4 is 61.2 Å². The quantitative estimate of drug-likeness (QED) is 0.491. The number of hydrogen-bond acceptors (Lipinski definition) is 3. The van der Waals surface area contributed by atoms with Crippen molar-refractivity contribution in [2.75, 3.05) is 0 Å². The van der Waals surface area contributed by atoms with Gasteiger partial charge in [-0.05, 0) is 0 Å². The van der Waals surface area contributed by atoms with E-state index >= 15 is 0 Å². The monoisotopic (exact) mass is 464 g/mol. The molecule has 0 fully saturated rings. The Kier molecular flexibility index (Phi) is 5.20. The molecule has 19 heavy (non-hydrogen) atoms. The summed E-state index contributed by atoms with van der Waals surface area (Å²) in [7, 11) is 0. The molecule has 0 N–H and O–H groups in total. The van der Waals surface area contributed by atoms with Gasteiger partial charge < -0.3 is 0 Å². The Morgan fingerprint density at radius 3 is 2.47 bits per heavy atom. The van der Waals surface area contributed by atoms with Gasteiger partial charge in [-0.2, -0.15) is 0 Å². The van der Waals surface area contributed by atoms with Gasteiger partial charge in [0.25, 0.3) is 0 Å². The first-order chi connectivity index (χ1) is 8.89. The summed E-state index contributed by atoms with van der Waals surface area (Å²) in [5, 5.41) is 1.61. The summed E-state index contributed by atoms with van der Waals surface area (Å²) in [4.78, 5) is 16.7. The number of aromatic nitrogens is 2. The molecule has 0 saturated carbocycles. The molecule has 0 atom stereocenters. The molecule has 0 unspecified atom stereocenters. The van der Waals surface area contributed by atoms with Crippen molar-refractivity contribution in [3.63, 3.8) is 0 Å². The third-order valence-electron chi connectivity index (χ3n) is 2.56. The summed E-state index contributed by atoms with van der Waals surface area (Å²) in [6, 6.07) is 8.14. The maximum atomic E-state index is 6.30. The standard InChI is InChI=1S/C10H5BrClN2S.3CH3.Sn/c11-7-3-1-2-4-8(7)15-10-5-9(12)13-6-14-10;;;;/h1-4,6H;3*1H3;. The molecule has 100 valence electrons. The number of rotatable bonds is 3. The summed E-state index contributed by atoms with van der Waals surface area (Å²) >= 11 is 9.17. The zero-order chi connectivity index (χ0) is 14.0. The molecule has 0 radical (unpaired) electrons. The van der Waals surface area contributed by atoms with Gasteiger partial charge in [-0.3, -0.25) is 0 Å². The minimum atomic E-state index is -2.35. The normalized spacial score (nSPS) is 11.6. The first kappa shape index (κ1) is 15.6. The van der Waals surface area contributed by atoms with Crippen molar-refractivity contribution in [3.8, 4) is 0 Å². The molecule has 0 spiro atoms. The van der Waals surface area contributed by atoms with Crippen LogP contribution in [0.15, 0.2) is 45.0 Å². The van der Waals surface area contributed by atoms with Crippen molar-refractivity contribution in [2.45, 2.75) is 24.7 Å². The van der Waals surface area contributed by atoms with Gasteiger partial charge in [0.1, 0.15) is 0 Å². The Morgan fingerprint density at radius 1 is 1.16 bits per heavy atom. The second kappa shape index (κ2) is 6.33. The Morgan fingerprint density at radius 2 is 1.84 bits per heavy atom. The van der Waals surface area contributed by atoms with Crippen LogP contribution in [0.25, 0.3) is 0 Å². The van der Waals surface area contributed by atoms with Gasteiger partial charge in [0.05, 0.1) is 0 Å². The van der Waals surface area contributed by atoms with Crippen LogP contribution < -0.4 is 3.58 Å². The van der Waals surface area contributed by atoms with E-state index in [9.17, 15) is 0 Å². The molecule has 2 rings (SSSR count). The van der Waals surface area contributed by atoms with E-state index in [2.05, 4.69) is 46.8 Å².